The monoisotopic (exact) mass is 308 g/mol. The van der Waals surface area contributed by atoms with E-state index < -0.39 is 0 Å². The number of thioether (sulfide) groups is 1. The van der Waals surface area contributed by atoms with Crippen LogP contribution in [0.5, 0.6) is 11.5 Å². The van der Waals surface area contributed by atoms with E-state index in [0.29, 0.717) is 5.25 Å². The minimum absolute atomic E-state index is 0.701. The van der Waals surface area contributed by atoms with E-state index in [1.807, 2.05) is 30.3 Å². The molecule has 0 radical (unpaired) electrons. The lowest BCUT2D eigenvalue weighted by Crippen LogP contribution is -2.21. The fourth-order valence-corrected chi connectivity index (χ4v) is 5.00. The van der Waals surface area contributed by atoms with Gasteiger partial charge in [-0.2, -0.15) is 11.8 Å². The van der Waals surface area contributed by atoms with Crippen LogP contribution in [0.1, 0.15) is 31.2 Å². The van der Waals surface area contributed by atoms with Crippen molar-refractivity contribution in [3.05, 3.63) is 66.2 Å². The average Bonchev–Trinajstić information content (AvgIpc) is 2.56. The highest BCUT2D eigenvalue weighted by atomic mass is 32.2. The van der Waals surface area contributed by atoms with Gasteiger partial charge in [-0.15, -0.1) is 0 Å². The summed E-state index contributed by atoms with van der Waals surface area (Å²) in [4.78, 5) is 0. The lowest BCUT2D eigenvalue weighted by Gasteiger charge is -2.33. The predicted octanol–water partition coefficient (Wildman–Crippen LogP) is 5.92. The molecule has 22 heavy (non-hydrogen) atoms. The van der Waals surface area contributed by atoms with E-state index in [1.165, 1.54) is 36.8 Å². The molecule has 2 aromatic rings. The molecule has 2 aromatic carbocycles. The Labute approximate surface area is 136 Å². The molecule has 0 saturated carbocycles. The van der Waals surface area contributed by atoms with Gasteiger partial charge in [-0.05, 0) is 43.0 Å². The normalized spacial score (nSPS) is 23.7. The summed E-state index contributed by atoms with van der Waals surface area (Å²) in [6.07, 6.45) is 7.73. The molecule has 4 rings (SSSR count). The molecule has 2 unspecified atom stereocenters. The molecule has 2 aliphatic heterocycles. The third kappa shape index (κ3) is 2.93. The summed E-state index contributed by atoms with van der Waals surface area (Å²) in [7, 11) is 0. The topological polar surface area (TPSA) is 9.23 Å². The SMILES string of the molecule is C1=C(c2ccccc2Oc2ccccc2)CC2CCCC1S2. The van der Waals surface area contributed by atoms with E-state index in [4.69, 9.17) is 4.74 Å². The number of hydrogen-bond acceptors (Lipinski definition) is 2. The highest BCUT2D eigenvalue weighted by Crippen LogP contribution is 2.45. The van der Waals surface area contributed by atoms with E-state index >= 15 is 0 Å². The maximum absolute atomic E-state index is 6.14. The molecule has 2 atom stereocenters. The number of allylic oxidation sites excluding steroid dienone is 1. The molecule has 0 aliphatic carbocycles. The lowest BCUT2D eigenvalue weighted by atomic mass is 9.93. The summed E-state index contributed by atoms with van der Waals surface area (Å²) in [5, 5.41) is 1.50. The highest BCUT2D eigenvalue weighted by Gasteiger charge is 2.28. The first kappa shape index (κ1) is 14.0. The Balaban J connectivity index is 1.66. The van der Waals surface area contributed by atoms with Crippen molar-refractivity contribution >= 4 is 17.3 Å². The number of fused-ring (bicyclic) bond motifs is 2. The first-order valence-electron chi connectivity index (χ1n) is 8.07. The van der Waals surface area contributed by atoms with Crippen LogP contribution in [0.4, 0.5) is 0 Å². The van der Waals surface area contributed by atoms with Gasteiger partial charge in [0.1, 0.15) is 11.5 Å². The maximum Gasteiger partial charge on any atom is 0.134 e. The van der Waals surface area contributed by atoms with Crippen molar-refractivity contribution in [2.45, 2.75) is 36.2 Å². The lowest BCUT2D eigenvalue weighted by molar-refractivity contribution is 0.480. The van der Waals surface area contributed by atoms with Crippen molar-refractivity contribution in [1.29, 1.82) is 0 Å². The second kappa shape index (κ2) is 6.21. The summed E-state index contributed by atoms with van der Waals surface area (Å²) in [5.74, 6) is 1.88. The Bertz CT molecular complexity index is 677. The molecule has 2 bridgehead atoms. The van der Waals surface area contributed by atoms with Gasteiger partial charge in [0.2, 0.25) is 0 Å². The fourth-order valence-electron chi connectivity index (χ4n) is 3.38. The Hall–Kier alpha value is -1.67. The number of benzene rings is 2. The second-order valence-corrected chi connectivity index (χ2v) is 7.58. The molecule has 0 amide bonds. The molecule has 0 aromatic heterocycles. The van der Waals surface area contributed by atoms with E-state index in [9.17, 15) is 0 Å². The third-order valence-corrected chi connectivity index (χ3v) is 5.93. The molecule has 2 heteroatoms. The van der Waals surface area contributed by atoms with Gasteiger partial charge in [0, 0.05) is 16.1 Å². The number of rotatable bonds is 3. The largest absolute Gasteiger partial charge is 0.457 e. The summed E-state index contributed by atoms with van der Waals surface area (Å²) >= 11 is 2.16. The first-order valence-corrected chi connectivity index (χ1v) is 9.01. The Morgan fingerprint density at radius 2 is 1.73 bits per heavy atom. The predicted molar refractivity (Wildman–Crippen MR) is 94.6 cm³/mol. The average molecular weight is 308 g/mol. The highest BCUT2D eigenvalue weighted by molar-refractivity contribution is 8.00. The van der Waals surface area contributed by atoms with Crippen LogP contribution in [0.3, 0.4) is 0 Å². The van der Waals surface area contributed by atoms with Gasteiger partial charge in [-0.3, -0.25) is 0 Å². The van der Waals surface area contributed by atoms with Gasteiger partial charge in [-0.25, -0.2) is 0 Å². The fraction of sp³-hybridized carbons (Fsp3) is 0.300. The van der Waals surface area contributed by atoms with Gasteiger partial charge >= 0.3 is 0 Å². The molecule has 1 nitrogen and oxygen atoms in total. The summed E-state index contributed by atoms with van der Waals surface area (Å²) in [5.41, 5.74) is 2.74. The smallest absolute Gasteiger partial charge is 0.134 e. The van der Waals surface area contributed by atoms with Gasteiger partial charge in [0.25, 0.3) is 0 Å². The van der Waals surface area contributed by atoms with Gasteiger partial charge < -0.3 is 4.74 Å². The molecular weight excluding hydrogens is 288 g/mol. The van der Waals surface area contributed by atoms with E-state index in [-0.39, 0.29) is 0 Å². The molecule has 0 spiro atoms. The maximum atomic E-state index is 6.14. The molecular formula is C20H20OS. The van der Waals surface area contributed by atoms with Crippen molar-refractivity contribution < 1.29 is 4.74 Å². The standard InChI is InChI=1S/C20H20OS/c1-2-7-16(8-3-1)21-20-12-5-4-11-19(20)15-13-17-9-6-10-18(14-15)22-17/h1-5,7-8,11-13,17-18H,6,9-10,14H2. The van der Waals surface area contributed by atoms with Crippen LogP contribution >= 0.6 is 11.8 Å². The zero-order valence-corrected chi connectivity index (χ0v) is 13.4. The molecule has 2 aliphatic rings. The Morgan fingerprint density at radius 1 is 0.909 bits per heavy atom. The third-order valence-electron chi connectivity index (χ3n) is 4.42. The minimum Gasteiger partial charge on any atom is -0.457 e. The quantitative estimate of drug-likeness (QED) is 0.696. The molecule has 112 valence electrons. The molecule has 0 N–H and O–H groups in total. The summed E-state index contributed by atoms with van der Waals surface area (Å²) in [6, 6.07) is 18.5. The van der Waals surface area contributed by atoms with Crippen LogP contribution in [0.15, 0.2) is 60.7 Å². The number of para-hydroxylation sites is 2. The summed E-state index contributed by atoms with van der Waals surface area (Å²) in [6.45, 7) is 0. The van der Waals surface area contributed by atoms with Crippen LogP contribution in [-0.4, -0.2) is 10.5 Å². The van der Waals surface area contributed by atoms with Gasteiger partial charge in [0.05, 0.1) is 0 Å². The van der Waals surface area contributed by atoms with Crippen molar-refractivity contribution in [1.82, 2.24) is 0 Å². The number of hydrogen-bond donors (Lipinski definition) is 0. The molecule has 1 saturated heterocycles. The Morgan fingerprint density at radius 3 is 2.59 bits per heavy atom. The molecule has 2 heterocycles. The van der Waals surface area contributed by atoms with Crippen molar-refractivity contribution in [3.8, 4) is 11.5 Å². The van der Waals surface area contributed by atoms with Crippen LogP contribution in [-0.2, 0) is 0 Å². The van der Waals surface area contributed by atoms with Gasteiger partial charge in [-0.1, -0.05) is 48.9 Å². The van der Waals surface area contributed by atoms with E-state index in [2.05, 4.69) is 42.1 Å². The minimum atomic E-state index is 0.701. The van der Waals surface area contributed by atoms with E-state index in [1.54, 1.807) is 0 Å². The van der Waals surface area contributed by atoms with Crippen LogP contribution in [0.2, 0.25) is 0 Å². The van der Waals surface area contributed by atoms with E-state index in [0.717, 1.165) is 16.7 Å². The zero-order chi connectivity index (χ0) is 14.8. The van der Waals surface area contributed by atoms with Crippen LogP contribution in [0.25, 0.3) is 5.57 Å². The van der Waals surface area contributed by atoms with Gasteiger partial charge in [0.15, 0.2) is 0 Å². The number of ether oxygens (including phenoxy) is 1. The second-order valence-electron chi connectivity index (χ2n) is 6.03. The van der Waals surface area contributed by atoms with Crippen molar-refractivity contribution in [3.63, 3.8) is 0 Å². The first-order chi connectivity index (χ1) is 10.9. The van der Waals surface area contributed by atoms with Crippen molar-refractivity contribution in [2.75, 3.05) is 0 Å². The van der Waals surface area contributed by atoms with Crippen molar-refractivity contribution in [2.24, 2.45) is 0 Å². The Kier molecular flexibility index (Phi) is 3.94. The zero-order valence-electron chi connectivity index (χ0n) is 12.6. The van der Waals surface area contributed by atoms with Crippen LogP contribution < -0.4 is 4.74 Å². The summed E-state index contributed by atoms with van der Waals surface area (Å²) < 4.78 is 6.14. The molecule has 1 fully saturated rings. The van der Waals surface area contributed by atoms with Crippen LogP contribution in [0, 0.1) is 0 Å².